The van der Waals surface area contributed by atoms with Gasteiger partial charge in [-0.05, 0) is 32.0 Å². The van der Waals surface area contributed by atoms with Gasteiger partial charge in [-0.2, -0.15) is 0 Å². The van der Waals surface area contributed by atoms with Crippen LogP contribution in [-0.4, -0.2) is 18.1 Å². The van der Waals surface area contributed by atoms with Crippen molar-refractivity contribution < 1.29 is 14.3 Å². The second-order valence-corrected chi connectivity index (χ2v) is 6.85. The first-order valence-corrected chi connectivity index (χ1v) is 8.27. The molecule has 0 fully saturated rings. The van der Waals surface area contributed by atoms with Crippen LogP contribution in [0.2, 0.25) is 5.02 Å². The average molecular weight is 346 g/mol. The molecule has 0 saturated carbocycles. The summed E-state index contributed by atoms with van der Waals surface area (Å²) in [4.78, 5) is 12.3. The van der Waals surface area contributed by atoms with E-state index in [4.69, 9.17) is 21.1 Å². The van der Waals surface area contributed by atoms with Crippen molar-refractivity contribution in [3.63, 3.8) is 0 Å². The van der Waals surface area contributed by atoms with E-state index >= 15 is 0 Å². The Morgan fingerprint density at radius 3 is 2.75 bits per heavy atom. The second-order valence-electron chi connectivity index (χ2n) is 6.44. The zero-order valence-corrected chi connectivity index (χ0v) is 14.5. The molecule has 2 aromatic carbocycles. The van der Waals surface area contributed by atoms with E-state index in [1.54, 1.807) is 12.1 Å². The minimum Gasteiger partial charge on any atom is -0.487 e. The first kappa shape index (κ1) is 16.7. The van der Waals surface area contributed by atoms with E-state index in [0.29, 0.717) is 17.2 Å². The Labute approximate surface area is 146 Å². The number of para-hydroxylation sites is 2. The maximum atomic E-state index is 12.3. The number of ether oxygens (including phenoxy) is 2. The van der Waals surface area contributed by atoms with Crippen LogP contribution in [0.3, 0.4) is 0 Å². The Bertz CT molecular complexity index is 745. The van der Waals surface area contributed by atoms with Crippen LogP contribution in [0.1, 0.15) is 31.9 Å². The van der Waals surface area contributed by atoms with E-state index in [9.17, 15) is 4.79 Å². The van der Waals surface area contributed by atoms with Crippen molar-refractivity contribution in [2.45, 2.75) is 31.9 Å². The van der Waals surface area contributed by atoms with Crippen molar-refractivity contribution >= 4 is 17.5 Å². The molecule has 24 heavy (non-hydrogen) atoms. The molecule has 1 aliphatic rings. The molecule has 0 saturated heterocycles. The molecule has 2 aromatic rings. The molecule has 1 amide bonds. The van der Waals surface area contributed by atoms with Crippen molar-refractivity contribution in [3.8, 4) is 11.5 Å². The van der Waals surface area contributed by atoms with Gasteiger partial charge in [-0.3, -0.25) is 4.79 Å². The van der Waals surface area contributed by atoms with Crippen LogP contribution >= 0.6 is 11.6 Å². The normalized spacial score (nSPS) is 18.2. The minimum absolute atomic E-state index is 0.0797. The van der Waals surface area contributed by atoms with Crippen molar-refractivity contribution in [1.29, 1.82) is 0 Å². The molecule has 0 bridgehead atoms. The van der Waals surface area contributed by atoms with Gasteiger partial charge in [-0.1, -0.05) is 41.9 Å². The molecule has 3 rings (SSSR count). The van der Waals surface area contributed by atoms with Crippen molar-refractivity contribution in [3.05, 3.63) is 59.1 Å². The predicted octanol–water partition coefficient (Wildman–Crippen LogP) is 4.14. The van der Waals surface area contributed by atoms with Crippen LogP contribution in [0.15, 0.2) is 48.5 Å². The summed E-state index contributed by atoms with van der Waals surface area (Å²) in [5.41, 5.74) is 0.651. The maximum Gasteiger partial charge on any atom is 0.258 e. The average Bonchev–Trinajstić information content (AvgIpc) is 2.53. The molecule has 4 nitrogen and oxygen atoms in total. The topological polar surface area (TPSA) is 47.6 Å². The molecule has 1 N–H and O–H groups in total. The Morgan fingerprint density at radius 1 is 1.25 bits per heavy atom. The van der Waals surface area contributed by atoms with Gasteiger partial charge in [0.25, 0.3) is 5.91 Å². The SMILES string of the molecule is CC1(C)CC(NC(=O)COc2ccccc2Cl)c2ccccc2O1. The van der Waals surface area contributed by atoms with Crippen LogP contribution in [0.5, 0.6) is 11.5 Å². The zero-order valence-electron chi connectivity index (χ0n) is 13.7. The smallest absolute Gasteiger partial charge is 0.258 e. The number of rotatable bonds is 4. The highest BCUT2D eigenvalue weighted by atomic mass is 35.5. The number of halogens is 1. The van der Waals surface area contributed by atoms with Crippen LogP contribution < -0.4 is 14.8 Å². The molecule has 1 heterocycles. The van der Waals surface area contributed by atoms with Gasteiger partial charge in [0.1, 0.15) is 17.1 Å². The van der Waals surface area contributed by atoms with Gasteiger partial charge in [0.2, 0.25) is 0 Å². The van der Waals surface area contributed by atoms with Gasteiger partial charge >= 0.3 is 0 Å². The Morgan fingerprint density at radius 2 is 1.96 bits per heavy atom. The first-order valence-electron chi connectivity index (χ1n) is 7.89. The summed E-state index contributed by atoms with van der Waals surface area (Å²) in [6.07, 6.45) is 0.696. The number of nitrogens with one attached hydrogen (secondary N) is 1. The number of amides is 1. The fourth-order valence-corrected chi connectivity index (χ4v) is 3.06. The van der Waals surface area contributed by atoms with E-state index in [1.165, 1.54) is 0 Å². The Hall–Kier alpha value is -2.20. The lowest BCUT2D eigenvalue weighted by Crippen LogP contribution is -2.42. The lowest BCUT2D eigenvalue weighted by Gasteiger charge is -2.37. The number of carbonyl (C=O) groups is 1. The standard InChI is InChI=1S/C19H20ClNO3/c1-19(2)11-15(13-7-3-5-9-16(13)24-19)21-18(22)12-23-17-10-6-4-8-14(17)20/h3-10,15H,11-12H2,1-2H3,(H,21,22). The van der Waals surface area contributed by atoms with Gasteiger partial charge in [-0.15, -0.1) is 0 Å². The van der Waals surface area contributed by atoms with Crippen LogP contribution in [0.25, 0.3) is 0 Å². The van der Waals surface area contributed by atoms with Gasteiger partial charge in [0.05, 0.1) is 11.1 Å². The highest BCUT2D eigenvalue weighted by Gasteiger charge is 2.34. The summed E-state index contributed by atoms with van der Waals surface area (Å²) in [7, 11) is 0. The molecule has 0 radical (unpaired) electrons. The van der Waals surface area contributed by atoms with Crippen molar-refractivity contribution in [2.24, 2.45) is 0 Å². The molecule has 126 valence electrons. The van der Waals surface area contributed by atoms with Gasteiger partial charge in [0, 0.05) is 12.0 Å². The summed E-state index contributed by atoms with van der Waals surface area (Å²) < 4.78 is 11.5. The molecule has 1 atom stereocenters. The van der Waals surface area contributed by atoms with E-state index in [1.807, 2.05) is 50.2 Å². The maximum absolute atomic E-state index is 12.3. The number of hydrogen-bond acceptors (Lipinski definition) is 3. The van der Waals surface area contributed by atoms with Crippen molar-refractivity contribution in [2.75, 3.05) is 6.61 Å². The summed E-state index contributed by atoms with van der Waals surface area (Å²) in [5, 5.41) is 3.52. The highest BCUT2D eigenvalue weighted by Crippen LogP contribution is 2.39. The monoisotopic (exact) mass is 345 g/mol. The predicted molar refractivity (Wildman–Crippen MR) is 93.6 cm³/mol. The molecule has 5 heteroatoms. The third-order valence-electron chi connectivity index (χ3n) is 3.91. The van der Waals surface area contributed by atoms with Crippen molar-refractivity contribution in [1.82, 2.24) is 5.32 Å². The number of carbonyl (C=O) groups excluding carboxylic acids is 1. The highest BCUT2D eigenvalue weighted by molar-refractivity contribution is 6.32. The van der Waals surface area contributed by atoms with Gasteiger partial charge in [0.15, 0.2) is 6.61 Å². The van der Waals surface area contributed by atoms with E-state index in [-0.39, 0.29) is 24.2 Å². The third kappa shape index (κ3) is 3.82. The summed E-state index contributed by atoms with van der Waals surface area (Å²) >= 11 is 6.03. The summed E-state index contributed by atoms with van der Waals surface area (Å²) in [6.45, 7) is 3.95. The molecule has 0 aliphatic carbocycles. The second kappa shape index (κ2) is 6.73. The van der Waals surface area contributed by atoms with Crippen LogP contribution in [0, 0.1) is 0 Å². The molecule has 0 aromatic heterocycles. The largest absolute Gasteiger partial charge is 0.487 e. The summed E-state index contributed by atoms with van der Waals surface area (Å²) in [5.74, 6) is 1.13. The van der Waals surface area contributed by atoms with Crippen LogP contribution in [-0.2, 0) is 4.79 Å². The quantitative estimate of drug-likeness (QED) is 0.906. The van der Waals surface area contributed by atoms with E-state index in [0.717, 1.165) is 11.3 Å². The fourth-order valence-electron chi connectivity index (χ4n) is 2.87. The number of hydrogen-bond donors (Lipinski definition) is 1. The Balaban J connectivity index is 1.67. The van der Waals surface area contributed by atoms with E-state index in [2.05, 4.69) is 5.32 Å². The van der Waals surface area contributed by atoms with E-state index < -0.39 is 0 Å². The summed E-state index contributed by atoms with van der Waals surface area (Å²) in [6, 6.07) is 14.8. The molecule has 0 spiro atoms. The first-order chi connectivity index (χ1) is 11.4. The van der Waals surface area contributed by atoms with Crippen LogP contribution in [0.4, 0.5) is 0 Å². The Kier molecular flexibility index (Phi) is 4.67. The minimum atomic E-state index is -0.337. The molecule has 1 unspecified atom stereocenters. The van der Waals surface area contributed by atoms with Gasteiger partial charge in [-0.25, -0.2) is 0 Å². The van der Waals surface area contributed by atoms with Gasteiger partial charge < -0.3 is 14.8 Å². The third-order valence-corrected chi connectivity index (χ3v) is 4.22. The fraction of sp³-hybridized carbons (Fsp3) is 0.316. The zero-order chi connectivity index (χ0) is 17.2. The molecule has 1 aliphatic heterocycles. The number of benzene rings is 2. The lowest BCUT2D eigenvalue weighted by atomic mass is 9.90. The lowest BCUT2D eigenvalue weighted by molar-refractivity contribution is -0.124. The molecular formula is C19H20ClNO3. The molecular weight excluding hydrogens is 326 g/mol. The number of fused-ring (bicyclic) bond motifs is 1.